The van der Waals surface area contributed by atoms with E-state index in [0.29, 0.717) is 5.69 Å². The highest BCUT2D eigenvalue weighted by Crippen LogP contribution is 2.44. The van der Waals surface area contributed by atoms with Crippen molar-refractivity contribution in [1.82, 2.24) is 4.57 Å². The van der Waals surface area contributed by atoms with Gasteiger partial charge in [0.15, 0.2) is 0 Å². The van der Waals surface area contributed by atoms with Gasteiger partial charge in [-0.1, -0.05) is 176 Å². The molecule has 0 saturated carbocycles. The van der Waals surface area contributed by atoms with Crippen LogP contribution in [0.5, 0.6) is 0 Å². The second-order valence-electron chi connectivity index (χ2n) is 13.4. The monoisotopic (exact) mass is 724 g/mol. The minimum atomic E-state index is -0.548. The summed E-state index contributed by atoms with van der Waals surface area (Å²) in [5.41, 5.74) is 9.17. The fourth-order valence-corrected chi connectivity index (χ4v) is 7.64. The summed E-state index contributed by atoms with van der Waals surface area (Å²) in [5, 5.41) is 1.82. The van der Waals surface area contributed by atoms with E-state index in [-0.39, 0.29) is 22.3 Å². The highest BCUT2D eigenvalue weighted by Gasteiger charge is 2.21. The van der Waals surface area contributed by atoms with Crippen molar-refractivity contribution in [2.75, 3.05) is 4.90 Å². The smallest absolute Gasteiger partial charge is 0.0629 e. The van der Waals surface area contributed by atoms with Crippen molar-refractivity contribution in [2.45, 2.75) is 0 Å². The second kappa shape index (κ2) is 14.4. The molecule has 0 aliphatic rings. The van der Waals surface area contributed by atoms with Crippen LogP contribution in [0.1, 0.15) is 13.7 Å². The van der Waals surface area contributed by atoms with Crippen LogP contribution in [-0.4, -0.2) is 4.57 Å². The van der Waals surface area contributed by atoms with Gasteiger partial charge >= 0.3 is 0 Å². The van der Waals surface area contributed by atoms with Crippen molar-refractivity contribution in [2.24, 2.45) is 0 Å². The van der Waals surface area contributed by atoms with Gasteiger partial charge in [-0.3, -0.25) is 0 Å². The molecule has 56 heavy (non-hydrogen) atoms. The highest BCUT2D eigenvalue weighted by molar-refractivity contribution is 6.11. The van der Waals surface area contributed by atoms with E-state index in [0.717, 1.165) is 61.1 Å². The van der Waals surface area contributed by atoms with E-state index >= 15 is 0 Å². The van der Waals surface area contributed by atoms with Gasteiger partial charge in [-0.25, -0.2) is 0 Å². The Morgan fingerprint density at radius 3 is 1.77 bits per heavy atom. The lowest BCUT2D eigenvalue weighted by Gasteiger charge is -2.28. The van der Waals surface area contributed by atoms with Gasteiger partial charge in [0.1, 0.15) is 0 Å². The molecule has 10 rings (SSSR count). The number of fused-ring (bicyclic) bond motifs is 3. The topological polar surface area (TPSA) is 8.17 Å². The zero-order chi connectivity index (χ0) is 46.0. The Bertz CT molecular complexity index is 3490. The largest absolute Gasteiger partial charge is 0.310 e. The van der Waals surface area contributed by atoms with Crippen molar-refractivity contribution < 1.29 is 13.7 Å². The molecule has 2 nitrogen and oxygen atoms in total. The Morgan fingerprint density at radius 2 is 0.964 bits per heavy atom. The van der Waals surface area contributed by atoms with Gasteiger partial charge in [-0.2, -0.15) is 0 Å². The van der Waals surface area contributed by atoms with E-state index in [1.807, 2.05) is 77.4 Å². The minimum absolute atomic E-state index is 0.0699. The van der Waals surface area contributed by atoms with Crippen LogP contribution in [0.25, 0.3) is 72.0 Å². The normalized spacial score (nSPS) is 13.7. The SMILES string of the molecule is [2H]c1c([2H])c([2H])c(-c2ccc(-n3c4ccccc4c4ccc(-c5ccccc5N(c5ccccc5)c5cccc(-c6ccccc6)c5)cc43)c(-c3c([2H])c([2H])c([2H])c([2H])c3[2H])c2)c([2H])c1[2H]. The molecule has 0 aliphatic carbocycles. The van der Waals surface area contributed by atoms with E-state index < -0.39 is 60.4 Å². The lowest BCUT2D eigenvalue weighted by atomic mass is 9.97. The van der Waals surface area contributed by atoms with Crippen molar-refractivity contribution >= 4 is 38.9 Å². The summed E-state index contributed by atoms with van der Waals surface area (Å²) in [5.74, 6) is 0. The molecule has 0 fully saturated rings. The quantitative estimate of drug-likeness (QED) is 0.151. The van der Waals surface area contributed by atoms with Gasteiger partial charge in [0.2, 0.25) is 0 Å². The first-order valence-electron chi connectivity index (χ1n) is 23.4. The average molecular weight is 725 g/mol. The summed E-state index contributed by atoms with van der Waals surface area (Å²) in [4.78, 5) is 2.25. The molecule has 0 unspecified atom stereocenters. The molecule has 10 aromatic rings. The maximum Gasteiger partial charge on any atom is 0.0629 e. The molecule has 9 aromatic carbocycles. The lowest BCUT2D eigenvalue weighted by molar-refractivity contribution is 1.18. The molecule has 0 aliphatic heterocycles. The molecule has 2 heteroatoms. The third-order valence-corrected chi connectivity index (χ3v) is 10.2. The van der Waals surface area contributed by atoms with Crippen LogP contribution in [0, 0.1) is 0 Å². The Hall–Kier alpha value is -7.42. The summed E-state index contributed by atoms with van der Waals surface area (Å²) in [6, 6.07) is 51.4. The van der Waals surface area contributed by atoms with E-state index in [2.05, 4.69) is 83.8 Å². The first-order chi connectivity index (χ1) is 31.9. The third-order valence-electron chi connectivity index (χ3n) is 10.2. The highest BCUT2D eigenvalue weighted by atomic mass is 15.1. The molecule has 0 spiro atoms. The Kier molecular flexibility index (Phi) is 6.21. The second-order valence-corrected chi connectivity index (χ2v) is 13.4. The fourth-order valence-electron chi connectivity index (χ4n) is 7.64. The molecule has 0 bridgehead atoms. The number of anilines is 3. The number of aromatic nitrogens is 1. The van der Waals surface area contributed by atoms with Crippen LogP contribution >= 0.6 is 0 Å². The molecule has 0 atom stereocenters. The molecular weight excluding hydrogens is 677 g/mol. The lowest BCUT2D eigenvalue weighted by Crippen LogP contribution is -2.11. The molecule has 0 radical (unpaired) electrons. The van der Waals surface area contributed by atoms with Gasteiger partial charge in [0.25, 0.3) is 0 Å². The zero-order valence-corrected chi connectivity index (χ0v) is 30.1. The number of hydrogen-bond acceptors (Lipinski definition) is 1. The molecule has 0 N–H and O–H groups in total. The Balaban J connectivity index is 1.24. The van der Waals surface area contributed by atoms with E-state index in [1.165, 1.54) is 0 Å². The van der Waals surface area contributed by atoms with Crippen LogP contribution < -0.4 is 4.90 Å². The van der Waals surface area contributed by atoms with E-state index in [4.69, 9.17) is 13.7 Å². The third kappa shape index (κ3) is 6.04. The average Bonchev–Trinajstić information content (AvgIpc) is 3.68. The molecular formula is C54H38N2. The van der Waals surface area contributed by atoms with Gasteiger partial charge in [-0.15, -0.1) is 0 Å². The van der Waals surface area contributed by atoms with Crippen LogP contribution in [0.3, 0.4) is 0 Å². The van der Waals surface area contributed by atoms with Crippen LogP contribution in [-0.2, 0) is 0 Å². The summed E-state index contributed by atoms with van der Waals surface area (Å²) < 4.78 is 88.7. The predicted molar refractivity (Wildman–Crippen MR) is 237 cm³/mol. The first kappa shape index (κ1) is 24.1. The van der Waals surface area contributed by atoms with Gasteiger partial charge in [-0.05, 0) is 88.0 Å². The van der Waals surface area contributed by atoms with Gasteiger partial charge < -0.3 is 9.47 Å². The zero-order valence-electron chi connectivity index (χ0n) is 40.1. The van der Waals surface area contributed by atoms with Crippen LogP contribution in [0.15, 0.2) is 230 Å². The first-order valence-corrected chi connectivity index (χ1v) is 18.4. The Labute approximate surface area is 341 Å². The van der Waals surface area contributed by atoms with Crippen molar-refractivity contribution in [3.63, 3.8) is 0 Å². The van der Waals surface area contributed by atoms with Crippen molar-refractivity contribution in [3.05, 3.63) is 230 Å². The number of para-hydroxylation sites is 3. The van der Waals surface area contributed by atoms with Crippen molar-refractivity contribution in [1.29, 1.82) is 0 Å². The van der Waals surface area contributed by atoms with Crippen molar-refractivity contribution in [3.8, 4) is 50.2 Å². The van der Waals surface area contributed by atoms with Crippen LogP contribution in [0.2, 0.25) is 0 Å². The molecule has 1 aromatic heterocycles. The Morgan fingerprint density at radius 1 is 0.357 bits per heavy atom. The number of rotatable bonds is 8. The van der Waals surface area contributed by atoms with Gasteiger partial charge in [0.05, 0.1) is 36.1 Å². The van der Waals surface area contributed by atoms with E-state index in [9.17, 15) is 0 Å². The van der Waals surface area contributed by atoms with Gasteiger partial charge in [0, 0.05) is 33.3 Å². The molecule has 1 heterocycles. The summed E-state index contributed by atoms with van der Waals surface area (Å²) in [7, 11) is 0. The molecule has 264 valence electrons. The summed E-state index contributed by atoms with van der Waals surface area (Å²) in [6.45, 7) is 0. The van der Waals surface area contributed by atoms with Crippen LogP contribution in [0.4, 0.5) is 17.1 Å². The summed E-state index contributed by atoms with van der Waals surface area (Å²) in [6.07, 6.45) is 0. The maximum atomic E-state index is 9.15. The summed E-state index contributed by atoms with van der Waals surface area (Å²) >= 11 is 0. The number of benzene rings is 9. The predicted octanol–water partition coefficient (Wildman–Crippen LogP) is 14.9. The fraction of sp³-hybridized carbons (Fsp3) is 0. The minimum Gasteiger partial charge on any atom is -0.310 e. The van der Waals surface area contributed by atoms with E-state index in [1.54, 1.807) is 18.2 Å². The number of nitrogens with zero attached hydrogens (tertiary/aromatic N) is 2. The standard InChI is InChI=1S/C54H38N2/c1-5-18-39(19-6-1)42-24-17-27-46(36-42)55(45-25-11-4-12-26-45)51-30-15-13-28-47(51)44-32-34-49-48-29-14-16-31-52(48)56(54(49)38-44)53-35-33-43(40-20-7-2-8-21-40)37-50(53)41-22-9-3-10-23-41/h1-38H/i2D,3D,7D,8D,9D,10D,20D,21D,22D,23D. The number of hydrogen-bond donors (Lipinski definition) is 0. The molecule has 0 saturated heterocycles. The maximum absolute atomic E-state index is 9.15. The molecule has 0 amide bonds.